The van der Waals surface area contributed by atoms with Crippen molar-refractivity contribution in [3.05, 3.63) is 59.7 Å². The van der Waals surface area contributed by atoms with Gasteiger partial charge in [-0.25, -0.2) is 9.59 Å². The molecule has 2 unspecified atom stereocenters. The molecule has 0 saturated heterocycles. The molecule has 0 heterocycles. The second-order valence-electron chi connectivity index (χ2n) is 8.70. The van der Waals surface area contributed by atoms with Gasteiger partial charge in [0.15, 0.2) is 0 Å². The summed E-state index contributed by atoms with van der Waals surface area (Å²) < 4.78 is 46.8. The number of aliphatic carboxylic acids is 1. The van der Waals surface area contributed by atoms with Gasteiger partial charge in [-0.05, 0) is 43.3 Å². The van der Waals surface area contributed by atoms with Crippen LogP contribution in [0, 0.1) is 0 Å². The number of hydrogen-bond acceptors (Lipinski definition) is 5. The Morgan fingerprint density at radius 2 is 1.54 bits per heavy atom. The Morgan fingerprint density at radius 3 is 2.00 bits per heavy atom. The lowest BCUT2D eigenvalue weighted by atomic mass is 9.98. The van der Waals surface area contributed by atoms with Gasteiger partial charge in [0, 0.05) is 12.5 Å². The molecule has 3 rings (SSSR count). The SMILES string of the molecule is CN(C)CC(NC(=O)C(C)(NC(=O)OCC1c2ccccc2-c2ccccc21)C(F)(F)F)C(=O)O. The van der Waals surface area contributed by atoms with Gasteiger partial charge in [0.25, 0.3) is 5.91 Å². The van der Waals surface area contributed by atoms with E-state index in [1.807, 2.05) is 53.8 Å². The fraction of sp³-hybridized carbons (Fsp3) is 0.375. The zero-order valence-electron chi connectivity index (χ0n) is 19.3. The van der Waals surface area contributed by atoms with Crippen LogP contribution in [0.2, 0.25) is 0 Å². The van der Waals surface area contributed by atoms with Crippen molar-refractivity contribution in [2.45, 2.75) is 30.6 Å². The van der Waals surface area contributed by atoms with Crippen molar-refractivity contribution < 1.29 is 37.4 Å². The van der Waals surface area contributed by atoms with Crippen LogP contribution in [0.4, 0.5) is 18.0 Å². The third-order valence-electron chi connectivity index (χ3n) is 5.87. The van der Waals surface area contributed by atoms with E-state index in [1.54, 1.807) is 5.32 Å². The molecular weight excluding hydrogens is 467 g/mol. The standard InChI is InChI=1S/C24H26F3N3O5/c1-23(24(25,26)27,21(33)28-19(20(31)32)12-30(2)3)29-22(34)35-13-18-16-10-6-4-8-14(16)15-9-5-7-11-17(15)18/h4-11,18-19H,12-13H2,1-3H3,(H,28,33)(H,29,34)(H,31,32). The molecule has 2 atom stereocenters. The van der Waals surface area contributed by atoms with E-state index in [4.69, 9.17) is 4.74 Å². The lowest BCUT2D eigenvalue weighted by Crippen LogP contribution is -2.67. The van der Waals surface area contributed by atoms with E-state index in [0.717, 1.165) is 22.3 Å². The second-order valence-corrected chi connectivity index (χ2v) is 8.70. The Labute approximate surface area is 200 Å². The first kappa shape index (κ1) is 26.0. The molecule has 1 aliphatic carbocycles. The number of nitrogens with one attached hydrogen (secondary N) is 2. The largest absolute Gasteiger partial charge is 0.480 e. The normalized spacial score (nSPS) is 15.5. The highest BCUT2D eigenvalue weighted by Gasteiger charge is 2.59. The van der Waals surface area contributed by atoms with E-state index in [-0.39, 0.29) is 13.2 Å². The number of alkyl carbamates (subject to hydrolysis) is 1. The molecule has 8 nitrogen and oxygen atoms in total. The van der Waals surface area contributed by atoms with Crippen molar-refractivity contribution in [2.75, 3.05) is 27.2 Å². The summed E-state index contributed by atoms with van der Waals surface area (Å²) in [7, 11) is 3.00. The predicted molar refractivity (Wildman–Crippen MR) is 121 cm³/mol. The molecular formula is C24H26F3N3O5. The van der Waals surface area contributed by atoms with Crippen LogP contribution in [0.1, 0.15) is 24.0 Å². The second kappa shape index (κ2) is 9.95. The first-order chi connectivity index (χ1) is 16.3. The lowest BCUT2D eigenvalue weighted by molar-refractivity contribution is -0.195. The highest BCUT2D eigenvalue weighted by Crippen LogP contribution is 2.44. The van der Waals surface area contributed by atoms with Gasteiger partial charge in [-0.15, -0.1) is 0 Å². The van der Waals surface area contributed by atoms with Gasteiger partial charge in [0.05, 0.1) is 0 Å². The van der Waals surface area contributed by atoms with E-state index < -0.39 is 41.6 Å². The molecule has 0 radical (unpaired) electrons. The number of fused-ring (bicyclic) bond motifs is 3. The minimum absolute atomic E-state index is 0.250. The fourth-order valence-electron chi connectivity index (χ4n) is 3.95. The quantitative estimate of drug-likeness (QED) is 0.522. The van der Waals surface area contributed by atoms with Crippen LogP contribution in [0.3, 0.4) is 0 Å². The maximum Gasteiger partial charge on any atom is 0.420 e. The van der Waals surface area contributed by atoms with Crippen LogP contribution in [0.15, 0.2) is 48.5 Å². The van der Waals surface area contributed by atoms with Gasteiger partial charge in [-0.2, -0.15) is 13.2 Å². The van der Waals surface area contributed by atoms with Crippen molar-refractivity contribution >= 4 is 18.0 Å². The number of halogens is 3. The first-order valence-corrected chi connectivity index (χ1v) is 10.7. The highest BCUT2D eigenvalue weighted by molar-refractivity contribution is 5.93. The fourth-order valence-corrected chi connectivity index (χ4v) is 3.95. The monoisotopic (exact) mass is 493 g/mol. The number of carbonyl (C=O) groups is 3. The number of alkyl halides is 3. The van der Waals surface area contributed by atoms with Crippen LogP contribution in [-0.2, 0) is 14.3 Å². The topological polar surface area (TPSA) is 108 Å². The maximum atomic E-state index is 13.9. The third kappa shape index (κ3) is 5.40. The molecule has 0 aliphatic heterocycles. The number of benzene rings is 2. The summed E-state index contributed by atoms with van der Waals surface area (Å²) >= 11 is 0. The third-order valence-corrected chi connectivity index (χ3v) is 5.87. The lowest BCUT2D eigenvalue weighted by Gasteiger charge is -2.32. The molecule has 188 valence electrons. The molecule has 11 heteroatoms. The van der Waals surface area contributed by atoms with Gasteiger partial charge >= 0.3 is 18.2 Å². The molecule has 35 heavy (non-hydrogen) atoms. The first-order valence-electron chi connectivity index (χ1n) is 10.7. The van der Waals surface area contributed by atoms with Crippen molar-refractivity contribution in [3.8, 4) is 11.1 Å². The van der Waals surface area contributed by atoms with Gasteiger partial charge in [-0.1, -0.05) is 48.5 Å². The summed E-state index contributed by atoms with van der Waals surface area (Å²) in [5.41, 5.74) is 0.196. The summed E-state index contributed by atoms with van der Waals surface area (Å²) in [4.78, 5) is 37.8. The molecule has 3 N–H and O–H groups in total. The molecule has 0 aromatic heterocycles. The van der Waals surface area contributed by atoms with Crippen molar-refractivity contribution in [1.29, 1.82) is 0 Å². The Bertz CT molecular complexity index is 1080. The van der Waals surface area contributed by atoms with Crippen LogP contribution in [0.25, 0.3) is 11.1 Å². The van der Waals surface area contributed by atoms with Crippen LogP contribution in [0.5, 0.6) is 0 Å². The summed E-state index contributed by atoms with van der Waals surface area (Å²) in [5.74, 6) is -3.62. The number of nitrogens with zero attached hydrogens (tertiary/aromatic N) is 1. The van der Waals surface area contributed by atoms with E-state index in [1.165, 1.54) is 19.0 Å². The predicted octanol–water partition coefficient (Wildman–Crippen LogP) is 2.98. The maximum absolute atomic E-state index is 13.9. The summed E-state index contributed by atoms with van der Waals surface area (Å²) in [6, 6.07) is 13.3. The van der Waals surface area contributed by atoms with Crippen LogP contribution < -0.4 is 10.6 Å². The molecule has 0 fully saturated rings. The van der Waals surface area contributed by atoms with Crippen molar-refractivity contribution in [3.63, 3.8) is 0 Å². The van der Waals surface area contributed by atoms with Crippen LogP contribution >= 0.6 is 0 Å². The van der Waals surface area contributed by atoms with E-state index in [9.17, 15) is 32.7 Å². The highest BCUT2D eigenvalue weighted by atomic mass is 19.4. The number of rotatable bonds is 8. The van der Waals surface area contributed by atoms with E-state index >= 15 is 0 Å². The Kier molecular flexibility index (Phi) is 7.39. The molecule has 0 spiro atoms. The minimum atomic E-state index is -5.23. The smallest absolute Gasteiger partial charge is 0.420 e. The zero-order chi connectivity index (χ0) is 26.0. The van der Waals surface area contributed by atoms with E-state index in [0.29, 0.717) is 6.92 Å². The number of carbonyl (C=O) groups excluding carboxylic acids is 2. The van der Waals surface area contributed by atoms with Gasteiger partial charge in [0.2, 0.25) is 5.54 Å². The minimum Gasteiger partial charge on any atom is -0.480 e. The molecule has 2 aromatic rings. The summed E-state index contributed by atoms with van der Waals surface area (Å²) in [5, 5.41) is 12.7. The summed E-state index contributed by atoms with van der Waals surface area (Å²) in [6.45, 7) is -0.0495. The number of ether oxygens (including phenoxy) is 1. The Morgan fingerprint density at radius 1 is 1.03 bits per heavy atom. The van der Waals surface area contributed by atoms with Gasteiger partial charge < -0.3 is 20.1 Å². The van der Waals surface area contributed by atoms with Crippen LogP contribution in [-0.4, -0.2) is 73.0 Å². The molecule has 0 bridgehead atoms. The molecule has 0 saturated carbocycles. The van der Waals surface area contributed by atoms with Gasteiger partial charge in [0.1, 0.15) is 12.6 Å². The average molecular weight is 493 g/mol. The zero-order valence-corrected chi connectivity index (χ0v) is 19.3. The Hall–Kier alpha value is -3.60. The van der Waals surface area contributed by atoms with Crippen molar-refractivity contribution in [2.24, 2.45) is 0 Å². The molecule has 2 aromatic carbocycles. The van der Waals surface area contributed by atoms with Gasteiger partial charge in [-0.3, -0.25) is 10.1 Å². The number of carboxylic acid groups (broad SMARTS) is 1. The molecule has 1 aliphatic rings. The summed E-state index contributed by atoms with van der Waals surface area (Å²) in [6.07, 6.45) is -6.69. The van der Waals surface area contributed by atoms with Crippen molar-refractivity contribution in [1.82, 2.24) is 15.5 Å². The van der Waals surface area contributed by atoms with E-state index in [2.05, 4.69) is 0 Å². The number of amides is 2. The molecule has 2 amide bonds. The average Bonchev–Trinajstić information content (AvgIpc) is 3.09. The number of hydrogen-bond donors (Lipinski definition) is 3. The number of carboxylic acids is 1. The Balaban J connectivity index is 1.75. The number of likely N-dealkylation sites (N-methyl/N-ethyl adjacent to an activating group) is 1.